The standard InChI is InChI=1S/C12H14ClN3O/c1-7-4-11(17-3)9(13)5-8(7)10-6-16(2)12(14)15-10/h4-6H,1-3H3,(H2,14,15). The van der Waals surface area contributed by atoms with Crippen LogP contribution in [0.25, 0.3) is 11.3 Å². The van der Waals surface area contributed by atoms with E-state index in [-0.39, 0.29) is 0 Å². The molecule has 2 N–H and O–H groups in total. The van der Waals surface area contributed by atoms with E-state index < -0.39 is 0 Å². The summed E-state index contributed by atoms with van der Waals surface area (Å²) < 4.78 is 6.93. The van der Waals surface area contributed by atoms with Crippen LogP contribution in [0, 0.1) is 6.92 Å². The van der Waals surface area contributed by atoms with Crippen LogP contribution in [0.15, 0.2) is 18.3 Å². The average Bonchev–Trinajstić information content (AvgIpc) is 2.61. The second-order valence-electron chi connectivity index (χ2n) is 3.90. The van der Waals surface area contributed by atoms with Crippen molar-refractivity contribution in [3.63, 3.8) is 0 Å². The van der Waals surface area contributed by atoms with Crippen LogP contribution < -0.4 is 10.5 Å². The van der Waals surface area contributed by atoms with Crippen molar-refractivity contribution >= 4 is 17.5 Å². The molecule has 2 aromatic rings. The van der Waals surface area contributed by atoms with Gasteiger partial charge in [-0.1, -0.05) is 11.6 Å². The van der Waals surface area contributed by atoms with Gasteiger partial charge in [0.1, 0.15) is 5.75 Å². The van der Waals surface area contributed by atoms with E-state index in [4.69, 9.17) is 22.1 Å². The summed E-state index contributed by atoms with van der Waals surface area (Å²) in [4.78, 5) is 4.28. The van der Waals surface area contributed by atoms with Crippen molar-refractivity contribution in [2.24, 2.45) is 7.05 Å². The van der Waals surface area contributed by atoms with Crippen LogP contribution in [0.1, 0.15) is 5.56 Å². The smallest absolute Gasteiger partial charge is 0.200 e. The zero-order valence-corrected chi connectivity index (χ0v) is 10.7. The predicted octanol–water partition coefficient (Wildman–Crippen LogP) is 2.64. The van der Waals surface area contributed by atoms with E-state index >= 15 is 0 Å². The minimum Gasteiger partial charge on any atom is -0.495 e. The zero-order chi connectivity index (χ0) is 12.6. The highest BCUT2D eigenvalue weighted by Gasteiger charge is 2.11. The molecule has 0 saturated heterocycles. The number of methoxy groups -OCH3 is 1. The highest BCUT2D eigenvalue weighted by Crippen LogP contribution is 2.33. The third-order valence-corrected chi connectivity index (χ3v) is 2.98. The number of benzene rings is 1. The number of aryl methyl sites for hydroxylation is 2. The van der Waals surface area contributed by atoms with E-state index in [1.807, 2.05) is 32.3 Å². The first-order valence-electron chi connectivity index (χ1n) is 5.16. The lowest BCUT2D eigenvalue weighted by molar-refractivity contribution is 0.415. The molecule has 4 nitrogen and oxygen atoms in total. The lowest BCUT2D eigenvalue weighted by atomic mass is 10.1. The summed E-state index contributed by atoms with van der Waals surface area (Å²) in [6.45, 7) is 1.99. The Bertz CT molecular complexity index is 544. The van der Waals surface area contributed by atoms with Gasteiger partial charge in [-0.15, -0.1) is 0 Å². The highest BCUT2D eigenvalue weighted by atomic mass is 35.5. The molecule has 0 amide bonds. The zero-order valence-electron chi connectivity index (χ0n) is 9.99. The lowest BCUT2D eigenvalue weighted by Gasteiger charge is -2.08. The molecule has 5 heteroatoms. The Morgan fingerprint density at radius 1 is 1.41 bits per heavy atom. The van der Waals surface area contributed by atoms with Gasteiger partial charge in [-0.05, 0) is 24.6 Å². The maximum Gasteiger partial charge on any atom is 0.200 e. The van der Waals surface area contributed by atoms with Crippen LogP contribution in [-0.2, 0) is 7.05 Å². The van der Waals surface area contributed by atoms with E-state index in [1.165, 1.54) is 0 Å². The summed E-state index contributed by atoms with van der Waals surface area (Å²) in [7, 11) is 3.45. The molecule has 0 aliphatic carbocycles. The summed E-state index contributed by atoms with van der Waals surface area (Å²) in [5.41, 5.74) is 8.54. The Labute approximate surface area is 105 Å². The molecule has 2 rings (SSSR count). The van der Waals surface area contributed by atoms with Gasteiger partial charge in [0.05, 0.1) is 17.8 Å². The van der Waals surface area contributed by atoms with Gasteiger partial charge in [0, 0.05) is 18.8 Å². The van der Waals surface area contributed by atoms with Gasteiger partial charge in [-0.25, -0.2) is 4.98 Å². The third kappa shape index (κ3) is 2.08. The van der Waals surface area contributed by atoms with E-state index in [9.17, 15) is 0 Å². The van der Waals surface area contributed by atoms with Gasteiger partial charge in [-0.2, -0.15) is 0 Å². The van der Waals surface area contributed by atoms with Crippen molar-refractivity contribution in [2.45, 2.75) is 6.92 Å². The van der Waals surface area contributed by atoms with Crippen molar-refractivity contribution in [1.29, 1.82) is 0 Å². The number of halogens is 1. The number of nitrogen functional groups attached to an aromatic ring is 1. The first-order chi connectivity index (χ1) is 8.02. The van der Waals surface area contributed by atoms with E-state index in [0.717, 1.165) is 16.8 Å². The number of hydrogen-bond donors (Lipinski definition) is 1. The van der Waals surface area contributed by atoms with Gasteiger partial charge >= 0.3 is 0 Å². The maximum atomic E-state index is 6.11. The van der Waals surface area contributed by atoms with Gasteiger partial charge in [0.2, 0.25) is 0 Å². The van der Waals surface area contributed by atoms with E-state index in [1.54, 1.807) is 11.7 Å². The first kappa shape index (κ1) is 11.8. The predicted molar refractivity (Wildman–Crippen MR) is 69.4 cm³/mol. The highest BCUT2D eigenvalue weighted by molar-refractivity contribution is 6.32. The second kappa shape index (κ2) is 4.30. The molecule has 0 radical (unpaired) electrons. The molecule has 0 aliphatic heterocycles. The summed E-state index contributed by atoms with van der Waals surface area (Å²) in [5, 5.41) is 0.567. The molecule has 90 valence electrons. The van der Waals surface area contributed by atoms with Crippen LogP contribution in [-0.4, -0.2) is 16.7 Å². The molecule has 0 spiro atoms. The Morgan fingerprint density at radius 2 is 2.12 bits per heavy atom. The minimum atomic E-state index is 0.478. The van der Waals surface area contributed by atoms with Gasteiger partial charge in [0.25, 0.3) is 0 Å². The fourth-order valence-electron chi connectivity index (χ4n) is 1.70. The number of aromatic nitrogens is 2. The van der Waals surface area contributed by atoms with E-state index in [2.05, 4.69) is 4.98 Å². The maximum absolute atomic E-state index is 6.11. The molecule has 1 aromatic carbocycles. The van der Waals surface area contributed by atoms with Crippen LogP contribution in [0.3, 0.4) is 0 Å². The molecule has 0 bridgehead atoms. The molecule has 0 saturated carbocycles. The molecule has 0 unspecified atom stereocenters. The van der Waals surface area contributed by atoms with Crippen LogP contribution in [0.5, 0.6) is 5.75 Å². The van der Waals surface area contributed by atoms with Crippen molar-refractivity contribution in [3.05, 3.63) is 28.9 Å². The molecular formula is C12H14ClN3O. The molecular weight excluding hydrogens is 238 g/mol. The number of imidazole rings is 1. The third-order valence-electron chi connectivity index (χ3n) is 2.69. The van der Waals surface area contributed by atoms with Crippen LogP contribution in [0.2, 0.25) is 5.02 Å². The van der Waals surface area contributed by atoms with Crippen molar-refractivity contribution in [2.75, 3.05) is 12.8 Å². The van der Waals surface area contributed by atoms with Gasteiger partial charge in [-0.3, -0.25) is 0 Å². The molecule has 0 fully saturated rings. The normalized spacial score (nSPS) is 10.6. The molecule has 1 heterocycles. The Kier molecular flexibility index (Phi) is 2.98. The monoisotopic (exact) mass is 251 g/mol. The van der Waals surface area contributed by atoms with E-state index in [0.29, 0.717) is 16.7 Å². The van der Waals surface area contributed by atoms with Crippen molar-refractivity contribution < 1.29 is 4.74 Å². The number of hydrogen-bond acceptors (Lipinski definition) is 3. The van der Waals surface area contributed by atoms with Gasteiger partial charge in [0.15, 0.2) is 5.95 Å². The molecule has 0 aliphatic rings. The summed E-state index contributed by atoms with van der Waals surface area (Å²) in [6, 6.07) is 3.74. The number of nitrogens with zero attached hydrogens (tertiary/aromatic N) is 2. The number of nitrogens with two attached hydrogens (primary N) is 1. The first-order valence-corrected chi connectivity index (χ1v) is 5.54. The SMILES string of the molecule is COc1cc(C)c(-c2cn(C)c(N)n2)cc1Cl. The number of ether oxygens (including phenoxy) is 1. The lowest BCUT2D eigenvalue weighted by Crippen LogP contribution is -1.94. The average molecular weight is 252 g/mol. The Balaban J connectivity index is 2.56. The van der Waals surface area contributed by atoms with Gasteiger partial charge < -0.3 is 15.0 Å². The van der Waals surface area contributed by atoms with Crippen molar-refractivity contribution in [1.82, 2.24) is 9.55 Å². The topological polar surface area (TPSA) is 53.1 Å². The molecule has 0 atom stereocenters. The summed E-state index contributed by atoms with van der Waals surface area (Å²) >= 11 is 6.11. The minimum absolute atomic E-state index is 0.478. The fourth-order valence-corrected chi connectivity index (χ4v) is 1.94. The van der Waals surface area contributed by atoms with Crippen LogP contribution >= 0.6 is 11.6 Å². The Morgan fingerprint density at radius 3 is 2.65 bits per heavy atom. The van der Waals surface area contributed by atoms with Crippen molar-refractivity contribution in [3.8, 4) is 17.0 Å². The summed E-state index contributed by atoms with van der Waals surface area (Å²) in [5.74, 6) is 1.14. The largest absolute Gasteiger partial charge is 0.495 e. The Hall–Kier alpha value is -1.68. The quantitative estimate of drug-likeness (QED) is 0.893. The number of anilines is 1. The fraction of sp³-hybridized carbons (Fsp3) is 0.250. The summed E-state index contributed by atoms with van der Waals surface area (Å²) in [6.07, 6.45) is 1.88. The molecule has 17 heavy (non-hydrogen) atoms. The van der Waals surface area contributed by atoms with Crippen LogP contribution in [0.4, 0.5) is 5.95 Å². The number of rotatable bonds is 2. The second-order valence-corrected chi connectivity index (χ2v) is 4.30. The molecule has 1 aromatic heterocycles.